The zero-order valence-corrected chi connectivity index (χ0v) is 12.1. The lowest BCUT2D eigenvalue weighted by Crippen LogP contribution is -2.14. The van der Waals surface area contributed by atoms with Gasteiger partial charge in [-0.05, 0) is 5.56 Å². The monoisotopic (exact) mass is 287 g/mol. The summed E-state index contributed by atoms with van der Waals surface area (Å²) < 4.78 is 10.2. The summed E-state index contributed by atoms with van der Waals surface area (Å²) in [5, 5.41) is -0.428. The number of nitrogens with two attached hydrogens (primary N) is 1. The number of rotatable bonds is 4. The van der Waals surface area contributed by atoms with Crippen LogP contribution in [0.5, 0.6) is 11.8 Å². The molecule has 0 saturated carbocycles. The molecule has 0 aliphatic carbocycles. The summed E-state index contributed by atoms with van der Waals surface area (Å²) in [6.07, 6.45) is 0. The van der Waals surface area contributed by atoms with Crippen molar-refractivity contribution in [3.8, 4) is 11.8 Å². The summed E-state index contributed by atoms with van der Waals surface area (Å²) in [7, 11) is 8.84. The molecule has 0 bridgehead atoms. The average molecular weight is 287 g/mol. The first kappa shape index (κ1) is 14.5. The third-order valence-corrected chi connectivity index (χ3v) is 3.34. The lowest BCUT2D eigenvalue weighted by atomic mass is 9.91. The molecule has 7 heteroatoms. The third-order valence-electron chi connectivity index (χ3n) is 2.83. The number of hydrogen-bond acceptors (Lipinski definition) is 6. The van der Waals surface area contributed by atoms with Gasteiger partial charge in [0, 0.05) is 5.69 Å². The van der Waals surface area contributed by atoms with Crippen LogP contribution in [0.15, 0.2) is 24.3 Å². The van der Waals surface area contributed by atoms with E-state index < -0.39 is 5.25 Å². The Morgan fingerprint density at radius 1 is 1.20 bits per heavy atom. The van der Waals surface area contributed by atoms with E-state index in [1.165, 1.54) is 14.2 Å². The van der Waals surface area contributed by atoms with Gasteiger partial charge in [0.15, 0.2) is 5.82 Å². The molecule has 5 nitrogen and oxygen atoms in total. The fourth-order valence-electron chi connectivity index (χ4n) is 1.73. The minimum atomic E-state index is -0.428. The van der Waals surface area contributed by atoms with Crippen LogP contribution in [0, 0.1) is 0 Å². The zero-order chi connectivity index (χ0) is 14.7. The Morgan fingerprint density at radius 2 is 1.80 bits per heavy atom. The summed E-state index contributed by atoms with van der Waals surface area (Å²) in [6, 6.07) is 6.96. The first-order valence-electron chi connectivity index (χ1n) is 5.85. The van der Waals surface area contributed by atoms with Gasteiger partial charge >= 0.3 is 0 Å². The van der Waals surface area contributed by atoms with E-state index in [1.54, 1.807) is 12.1 Å². The fraction of sp³-hybridized carbons (Fsp3) is 0.231. The molecule has 1 unspecified atom stereocenters. The van der Waals surface area contributed by atoms with E-state index in [2.05, 4.69) is 22.6 Å². The molecule has 20 heavy (non-hydrogen) atoms. The molecule has 1 atom stereocenters. The van der Waals surface area contributed by atoms with E-state index >= 15 is 0 Å². The van der Waals surface area contributed by atoms with Crippen LogP contribution < -0.4 is 20.7 Å². The number of thiol groups is 1. The van der Waals surface area contributed by atoms with Gasteiger partial charge in [-0.3, -0.25) is 0 Å². The molecule has 0 saturated heterocycles. The molecular formula is C13H14BN3O2S. The first-order chi connectivity index (χ1) is 9.56. The standard InChI is InChI=1S/C13H14BN3O2S/c1-18-9-6-10(19-2)17-13(16-9)12(20)7-4-3-5-8(14)11(7)15/h3-6,12,20H,15H2,1-2H3. The molecule has 2 aromatic rings. The lowest BCUT2D eigenvalue weighted by molar-refractivity contribution is 0.368. The van der Waals surface area contributed by atoms with E-state index in [1.807, 2.05) is 12.1 Å². The number of aromatic nitrogens is 2. The number of para-hydroxylation sites is 1. The number of methoxy groups -OCH3 is 2. The maximum absolute atomic E-state index is 5.97. The molecule has 1 aromatic carbocycles. The van der Waals surface area contributed by atoms with Gasteiger partial charge in [-0.15, -0.1) is 0 Å². The molecular weight excluding hydrogens is 273 g/mol. The van der Waals surface area contributed by atoms with Gasteiger partial charge < -0.3 is 15.2 Å². The minimum absolute atomic E-state index is 0.397. The molecule has 1 aromatic heterocycles. The molecule has 0 aliphatic heterocycles. The minimum Gasteiger partial charge on any atom is -0.481 e. The van der Waals surface area contributed by atoms with Gasteiger partial charge in [0.05, 0.1) is 25.5 Å². The van der Waals surface area contributed by atoms with Crippen LogP contribution in [0.3, 0.4) is 0 Å². The highest BCUT2D eigenvalue weighted by molar-refractivity contribution is 7.80. The highest BCUT2D eigenvalue weighted by Crippen LogP contribution is 2.31. The van der Waals surface area contributed by atoms with Crippen LogP contribution in [0.2, 0.25) is 0 Å². The maximum atomic E-state index is 5.97. The van der Waals surface area contributed by atoms with Crippen molar-refractivity contribution in [2.24, 2.45) is 0 Å². The smallest absolute Gasteiger partial charge is 0.220 e. The van der Waals surface area contributed by atoms with Crippen LogP contribution in [-0.2, 0) is 0 Å². The van der Waals surface area contributed by atoms with Crippen LogP contribution in [0.25, 0.3) is 0 Å². The maximum Gasteiger partial charge on any atom is 0.220 e. The molecule has 0 aliphatic rings. The summed E-state index contributed by atoms with van der Waals surface area (Å²) in [5.41, 5.74) is 7.68. The van der Waals surface area contributed by atoms with Crippen molar-refractivity contribution in [1.82, 2.24) is 9.97 Å². The van der Waals surface area contributed by atoms with E-state index in [0.717, 1.165) is 5.56 Å². The Bertz CT molecular complexity index is 602. The second kappa shape index (κ2) is 6.05. The molecule has 1 heterocycles. The van der Waals surface area contributed by atoms with E-state index in [4.69, 9.17) is 23.1 Å². The van der Waals surface area contributed by atoms with E-state index in [9.17, 15) is 0 Å². The van der Waals surface area contributed by atoms with E-state index in [0.29, 0.717) is 28.7 Å². The quantitative estimate of drug-likeness (QED) is 0.496. The van der Waals surface area contributed by atoms with Gasteiger partial charge in [-0.25, -0.2) is 0 Å². The topological polar surface area (TPSA) is 70.3 Å². The number of benzene rings is 1. The Labute approximate surface area is 124 Å². The van der Waals surface area contributed by atoms with Crippen molar-refractivity contribution in [3.05, 3.63) is 35.7 Å². The zero-order valence-electron chi connectivity index (χ0n) is 11.2. The third kappa shape index (κ3) is 2.82. The Hall–Kier alpha value is -1.89. The largest absolute Gasteiger partial charge is 0.481 e. The predicted molar refractivity (Wildman–Crippen MR) is 82.2 cm³/mol. The summed E-state index contributed by atoms with van der Waals surface area (Å²) in [5.74, 6) is 1.23. The van der Waals surface area contributed by atoms with Crippen LogP contribution in [-0.4, -0.2) is 32.0 Å². The summed E-state index contributed by atoms with van der Waals surface area (Å²) >= 11 is 4.53. The van der Waals surface area contributed by atoms with Gasteiger partial charge in [0.25, 0.3) is 0 Å². The van der Waals surface area contributed by atoms with Gasteiger partial charge in [-0.1, -0.05) is 23.7 Å². The van der Waals surface area contributed by atoms with Crippen molar-refractivity contribution in [2.75, 3.05) is 20.0 Å². The van der Waals surface area contributed by atoms with E-state index in [-0.39, 0.29) is 0 Å². The molecule has 0 amide bonds. The van der Waals surface area contributed by atoms with Crippen molar-refractivity contribution in [1.29, 1.82) is 0 Å². The average Bonchev–Trinajstić information content (AvgIpc) is 2.48. The number of nitrogens with zero attached hydrogens (tertiary/aromatic N) is 2. The van der Waals surface area contributed by atoms with Crippen molar-refractivity contribution >= 4 is 31.6 Å². The molecule has 0 spiro atoms. The number of hydrogen-bond donors (Lipinski definition) is 2. The fourth-order valence-corrected chi connectivity index (χ4v) is 2.07. The number of nitrogen functional groups attached to an aromatic ring is 1. The summed E-state index contributed by atoms with van der Waals surface area (Å²) in [4.78, 5) is 8.52. The Morgan fingerprint density at radius 3 is 2.35 bits per heavy atom. The Balaban J connectivity index is 2.47. The molecule has 2 rings (SSSR count). The lowest BCUT2D eigenvalue weighted by Gasteiger charge is -2.15. The second-order valence-corrected chi connectivity index (χ2v) is 4.58. The number of anilines is 1. The van der Waals surface area contributed by atoms with Crippen LogP contribution >= 0.6 is 12.6 Å². The highest BCUT2D eigenvalue weighted by atomic mass is 32.1. The van der Waals surface area contributed by atoms with Gasteiger partial charge in [0.1, 0.15) is 7.85 Å². The summed E-state index contributed by atoms with van der Waals surface area (Å²) in [6.45, 7) is 0. The van der Waals surface area contributed by atoms with Crippen molar-refractivity contribution in [2.45, 2.75) is 5.25 Å². The highest BCUT2D eigenvalue weighted by Gasteiger charge is 2.18. The molecule has 2 N–H and O–H groups in total. The van der Waals surface area contributed by atoms with Crippen LogP contribution in [0.1, 0.15) is 16.6 Å². The van der Waals surface area contributed by atoms with Gasteiger partial charge in [-0.2, -0.15) is 22.6 Å². The SMILES string of the molecule is [B]c1cccc(C(S)c2nc(OC)cc(OC)n2)c1N. The van der Waals surface area contributed by atoms with Crippen LogP contribution in [0.4, 0.5) is 5.69 Å². The number of ether oxygens (including phenoxy) is 2. The van der Waals surface area contributed by atoms with Crippen molar-refractivity contribution < 1.29 is 9.47 Å². The van der Waals surface area contributed by atoms with Crippen molar-refractivity contribution in [3.63, 3.8) is 0 Å². The normalized spacial score (nSPS) is 11.9. The molecule has 2 radical (unpaired) electrons. The second-order valence-electron chi connectivity index (χ2n) is 4.06. The molecule has 0 fully saturated rings. The van der Waals surface area contributed by atoms with Gasteiger partial charge in [0.2, 0.25) is 11.8 Å². The Kier molecular flexibility index (Phi) is 4.39. The predicted octanol–water partition coefficient (Wildman–Crippen LogP) is 0.889. The molecule has 102 valence electrons. The first-order valence-corrected chi connectivity index (χ1v) is 6.37.